The van der Waals surface area contributed by atoms with Gasteiger partial charge in [-0.25, -0.2) is 0 Å². The second-order valence-electron chi connectivity index (χ2n) is 5.68. The maximum atomic E-state index is 12.7. The number of carbonyl (C=O) groups excluding carboxylic acids is 2. The summed E-state index contributed by atoms with van der Waals surface area (Å²) in [5.74, 6) is -0.173. The molecule has 1 unspecified atom stereocenters. The molecule has 0 aromatic carbocycles. The van der Waals surface area contributed by atoms with Crippen LogP contribution in [0, 0.1) is 6.92 Å². The average Bonchev–Trinajstić information content (AvgIpc) is 2.61. The third-order valence-electron chi connectivity index (χ3n) is 4.09. The molecule has 0 bridgehead atoms. The van der Waals surface area contributed by atoms with E-state index in [1.807, 2.05) is 13.8 Å². The summed E-state index contributed by atoms with van der Waals surface area (Å²) < 4.78 is 1.69. The van der Waals surface area contributed by atoms with Crippen LogP contribution in [0.2, 0.25) is 5.02 Å². The van der Waals surface area contributed by atoms with Crippen LogP contribution < -0.4 is 5.32 Å². The summed E-state index contributed by atoms with van der Waals surface area (Å²) in [6, 6.07) is 0. The summed E-state index contributed by atoms with van der Waals surface area (Å²) in [5.41, 5.74) is 0.674. The van der Waals surface area contributed by atoms with Crippen LogP contribution in [-0.4, -0.2) is 38.6 Å². The van der Waals surface area contributed by atoms with Gasteiger partial charge in [0.15, 0.2) is 0 Å². The van der Waals surface area contributed by atoms with Crippen LogP contribution >= 0.6 is 11.6 Å². The van der Waals surface area contributed by atoms with Crippen molar-refractivity contribution in [3.8, 4) is 0 Å². The molecule has 0 spiro atoms. The molecule has 2 amide bonds. The minimum atomic E-state index is -0.853. The van der Waals surface area contributed by atoms with Crippen molar-refractivity contribution >= 4 is 23.4 Å². The smallest absolute Gasteiger partial charge is 0.248 e. The van der Waals surface area contributed by atoms with Gasteiger partial charge in [-0.1, -0.05) is 18.5 Å². The lowest BCUT2D eigenvalue weighted by atomic mass is 9.97. The molecule has 2 heterocycles. The topological polar surface area (TPSA) is 67.2 Å². The van der Waals surface area contributed by atoms with Crippen LogP contribution in [-0.2, 0) is 23.2 Å². The highest BCUT2D eigenvalue weighted by Gasteiger charge is 2.39. The molecule has 1 N–H and O–H groups in total. The number of aromatic nitrogens is 2. The number of rotatable bonds is 3. The van der Waals surface area contributed by atoms with Crippen molar-refractivity contribution in [2.45, 2.75) is 45.7 Å². The molecule has 1 fully saturated rings. The number of carbonyl (C=O) groups is 2. The van der Waals surface area contributed by atoms with Gasteiger partial charge in [-0.2, -0.15) is 5.10 Å². The van der Waals surface area contributed by atoms with E-state index in [0.29, 0.717) is 31.0 Å². The van der Waals surface area contributed by atoms with E-state index in [-0.39, 0.29) is 11.8 Å². The van der Waals surface area contributed by atoms with E-state index in [9.17, 15) is 9.59 Å². The van der Waals surface area contributed by atoms with E-state index in [1.165, 1.54) is 0 Å². The first kappa shape index (κ1) is 15.8. The summed E-state index contributed by atoms with van der Waals surface area (Å²) in [4.78, 5) is 26.2. The molecule has 0 saturated carbocycles. The Bertz CT molecular complexity index is 584. The van der Waals surface area contributed by atoms with Gasteiger partial charge in [0, 0.05) is 20.0 Å². The first-order valence-corrected chi connectivity index (χ1v) is 7.44. The first-order chi connectivity index (χ1) is 9.78. The van der Waals surface area contributed by atoms with Crippen molar-refractivity contribution in [3.63, 3.8) is 0 Å². The Kier molecular flexibility index (Phi) is 4.27. The van der Waals surface area contributed by atoms with Gasteiger partial charge in [-0.05, 0) is 20.3 Å². The number of nitrogens with zero attached hydrogens (tertiary/aromatic N) is 3. The second kappa shape index (κ2) is 5.67. The maximum absolute atomic E-state index is 12.7. The summed E-state index contributed by atoms with van der Waals surface area (Å²) in [7, 11) is 1.80. The normalized spacial score (nSPS) is 23.2. The van der Waals surface area contributed by atoms with Gasteiger partial charge in [0.1, 0.15) is 5.54 Å². The molecule has 1 aromatic heterocycles. The lowest BCUT2D eigenvalue weighted by molar-refractivity contribution is -0.138. The van der Waals surface area contributed by atoms with Gasteiger partial charge in [0.05, 0.1) is 23.0 Å². The van der Waals surface area contributed by atoms with Crippen LogP contribution in [0.4, 0.5) is 0 Å². The predicted octanol–water partition coefficient (Wildman–Crippen LogP) is 1.40. The Labute approximate surface area is 129 Å². The maximum Gasteiger partial charge on any atom is 0.248 e. The lowest BCUT2D eigenvalue weighted by Gasteiger charge is -2.31. The van der Waals surface area contributed by atoms with Crippen LogP contribution in [0.5, 0.6) is 0 Å². The highest BCUT2D eigenvalue weighted by Crippen LogP contribution is 2.24. The largest absolute Gasteiger partial charge is 0.342 e. The number of hydrogen-bond acceptors (Lipinski definition) is 3. The zero-order chi connectivity index (χ0) is 15.8. The quantitative estimate of drug-likeness (QED) is 0.917. The SMILES string of the molecule is CCC1(C)NC(=O)CCN(Cc2c(Cl)c(C)nn2C)C1=O. The second-order valence-corrected chi connectivity index (χ2v) is 6.06. The van der Waals surface area contributed by atoms with E-state index in [1.54, 1.807) is 23.6 Å². The van der Waals surface area contributed by atoms with Gasteiger partial charge in [-0.15, -0.1) is 0 Å². The molecule has 6 nitrogen and oxygen atoms in total. The summed E-state index contributed by atoms with van der Waals surface area (Å²) in [6.45, 7) is 6.24. The molecule has 0 radical (unpaired) electrons. The lowest BCUT2D eigenvalue weighted by Crippen LogP contribution is -2.54. The number of halogens is 1. The van der Waals surface area contributed by atoms with E-state index in [4.69, 9.17) is 11.6 Å². The molecule has 21 heavy (non-hydrogen) atoms. The zero-order valence-corrected chi connectivity index (χ0v) is 13.6. The molecule has 1 aliphatic heterocycles. The van der Waals surface area contributed by atoms with Gasteiger partial charge >= 0.3 is 0 Å². The molecule has 7 heteroatoms. The zero-order valence-electron chi connectivity index (χ0n) is 12.9. The van der Waals surface area contributed by atoms with Crippen LogP contribution in [0.25, 0.3) is 0 Å². The predicted molar refractivity (Wildman–Crippen MR) is 79.8 cm³/mol. The Morgan fingerprint density at radius 3 is 2.62 bits per heavy atom. The van der Waals surface area contributed by atoms with Gasteiger partial charge in [0.2, 0.25) is 11.8 Å². The molecule has 1 aromatic rings. The molecule has 0 aliphatic carbocycles. The fraction of sp³-hybridized carbons (Fsp3) is 0.643. The highest BCUT2D eigenvalue weighted by atomic mass is 35.5. The van der Waals surface area contributed by atoms with Crippen molar-refractivity contribution in [1.29, 1.82) is 0 Å². The Hall–Kier alpha value is -1.56. The van der Waals surface area contributed by atoms with E-state index in [0.717, 1.165) is 11.4 Å². The van der Waals surface area contributed by atoms with Crippen molar-refractivity contribution in [2.24, 2.45) is 7.05 Å². The Morgan fingerprint density at radius 1 is 1.43 bits per heavy atom. The summed E-state index contributed by atoms with van der Waals surface area (Å²) in [5, 5.41) is 7.66. The fourth-order valence-electron chi connectivity index (χ4n) is 2.53. The number of aryl methyl sites for hydroxylation is 2. The fourth-order valence-corrected chi connectivity index (χ4v) is 2.75. The Morgan fingerprint density at radius 2 is 2.10 bits per heavy atom. The van der Waals surface area contributed by atoms with Crippen molar-refractivity contribution in [1.82, 2.24) is 20.0 Å². The van der Waals surface area contributed by atoms with Crippen molar-refractivity contribution < 1.29 is 9.59 Å². The minimum Gasteiger partial charge on any atom is -0.342 e. The highest BCUT2D eigenvalue weighted by molar-refractivity contribution is 6.31. The Balaban J connectivity index is 2.30. The number of hydrogen-bond donors (Lipinski definition) is 1. The van der Waals surface area contributed by atoms with E-state index in [2.05, 4.69) is 10.4 Å². The third kappa shape index (κ3) is 2.90. The van der Waals surface area contributed by atoms with Crippen LogP contribution in [0.3, 0.4) is 0 Å². The molecular weight excluding hydrogens is 292 g/mol. The molecule has 116 valence electrons. The summed E-state index contributed by atoms with van der Waals surface area (Å²) >= 11 is 6.25. The summed E-state index contributed by atoms with van der Waals surface area (Å²) in [6.07, 6.45) is 0.849. The van der Waals surface area contributed by atoms with Gasteiger partial charge in [0.25, 0.3) is 0 Å². The molecule has 1 atom stereocenters. The third-order valence-corrected chi connectivity index (χ3v) is 4.58. The monoisotopic (exact) mass is 312 g/mol. The number of nitrogens with one attached hydrogen (secondary N) is 1. The van der Waals surface area contributed by atoms with Gasteiger partial charge < -0.3 is 10.2 Å². The van der Waals surface area contributed by atoms with Crippen molar-refractivity contribution in [3.05, 3.63) is 16.4 Å². The van der Waals surface area contributed by atoms with E-state index < -0.39 is 5.54 Å². The standard InChI is InChI=1S/C14H21ClN4O2/c1-5-14(3)13(21)19(7-6-11(20)16-14)8-10-12(15)9(2)17-18(10)4/h5-8H2,1-4H3,(H,16,20). The number of amides is 2. The first-order valence-electron chi connectivity index (χ1n) is 7.07. The van der Waals surface area contributed by atoms with Crippen LogP contribution in [0.15, 0.2) is 0 Å². The van der Waals surface area contributed by atoms with E-state index >= 15 is 0 Å². The molecule has 2 rings (SSSR count). The van der Waals surface area contributed by atoms with Crippen molar-refractivity contribution in [2.75, 3.05) is 6.54 Å². The average molecular weight is 313 g/mol. The minimum absolute atomic E-state index is 0.0780. The van der Waals surface area contributed by atoms with Crippen LogP contribution in [0.1, 0.15) is 38.1 Å². The molecule has 1 saturated heterocycles. The van der Waals surface area contributed by atoms with Gasteiger partial charge in [-0.3, -0.25) is 14.3 Å². The molecular formula is C14H21ClN4O2. The molecule has 1 aliphatic rings.